The van der Waals surface area contributed by atoms with Crippen LogP contribution in [-0.4, -0.2) is 23.1 Å². The van der Waals surface area contributed by atoms with Gasteiger partial charge in [0.05, 0.1) is 17.2 Å². The number of hydrogen-bond acceptors (Lipinski definition) is 3. The van der Waals surface area contributed by atoms with Gasteiger partial charge < -0.3 is 9.84 Å². The Hall–Kier alpha value is -0.220. The number of benzene rings is 1. The molecule has 0 radical (unpaired) electrons. The molecule has 0 bridgehead atoms. The van der Waals surface area contributed by atoms with Crippen LogP contribution in [-0.2, 0) is 4.74 Å². The molecule has 1 aromatic rings. The molecule has 1 aliphatic rings. The summed E-state index contributed by atoms with van der Waals surface area (Å²) in [4.78, 5) is 1.07. The standard InChI is InChI=1S/C13H17ClO2S/c1-8(15)10-3-4-13(11(14)7-10)17-12-5-6-16-9(12)2/h3-4,7-9,12,15H,5-6H2,1-2H3/t8-,9?,12?/m1/s1. The van der Waals surface area contributed by atoms with E-state index in [0.717, 1.165) is 23.5 Å². The van der Waals surface area contributed by atoms with Gasteiger partial charge in [-0.3, -0.25) is 0 Å². The fraction of sp³-hybridized carbons (Fsp3) is 0.538. The maximum atomic E-state index is 9.48. The molecule has 2 unspecified atom stereocenters. The first-order valence-corrected chi connectivity index (χ1v) is 7.09. The lowest BCUT2D eigenvalue weighted by Gasteiger charge is -2.15. The lowest BCUT2D eigenvalue weighted by atomic mass is 10.1. The first-order chi connectivity index (χ1) is 8.08. The summed E-state index contributed by atoms with van der Waals surface area (Å²) in [6.45, 7) is 4.68. The monoisotopic (exact) mass is 272 g/mol. The van der Waals surface area contributed by atoms with Crippen molar-refractivity contribution in [3.05, 3.63) is 28.8 Å². The summed E-state index contributed by atoms with van der Waals surface area (Å²) in [5, 5.41) is 10.7. The van der Waals surface area contributed by atoms with Gasteiger partial charge in [-0.25, -0.2) is 0 Å². The molecule has 2 rings (SSSR count). The third kappa shape index (κ3) is 3.16. The summed E-state index contributed by atoms with van der Waals surface area (Å²) in [5.41, 5.74) is 0.857. The molecular weight excluding hydrogens is 256 g/mol. The minimum Gasteiger partial charge on any atom is -0.389 e. The Morgan fingerprint density at radius 1 is 1.53 bits per heavy atom. The number of aliphatic hydroxyl groups is 1. The highest BCUT2D eigenvalue weighted by Gasteiger charge is 2.25. The Morgan fingerprint density at radius 2 is 2.29 bits per heavy atom. The maximum absolute atomic E-state index is 9.48. The van der Waals surface area contributed by atoms with Crippen LogP contribution < -0.4 is 0 Å². The lowest BCUT2D eigenvalue weighted by Crippen LogP contribution is -2.13. The van der Waals surface area contributed by atoms with E-state index < -0.39 is 6.10 Å². The van der Waals surface area contributed by atoms with Gasteiger partial charge >= 0.3 is 0 Å². The smallest absolute Gasteiger partial charge is 0.0762 e. The zero-order chi connectivity index (χ0) is 12.4. The van der Waals surface area contributed by atoms with Crippen LogP contribution in [0.3, 0.4) is 0 Å². The molecule has 0 spiro atoms. The molecule has 94 valence electrons. The first-order valence-electron chi connectivity index (χ1n) is 5.83. The van der Waals surface area contributed by atoms with Gasteiger partial charge in [-0.05, 0) is 38.0 Å². The second kappa shape index (κ2) is 5.61. The predicted octanol–water partition coefficient (Wildman–Crippen LogP) is 3.66. The van der Waals surface area contributed by atoms with Gasteiger partial charge in [-0.2, -0.15) is 0 Å². The molecule has 1 N–H and O–H groups in total. The fourth-order valence-electron chi connectivity index (χ4n) is 1.90. The van der Waals surface area contributed by atoms with Crippen molar-refractivity contribution in [2.75, 3.05) is 6.61 Å². The zero-order valence-electron chi connectivity index (χ0n) is 10.0. The van der Waals surface area contributed by atoms with E-state index in [1.54, 1.807) is 18.7 Å². The third-order valence-electron chi connectivity index (χ3n) is 3.02. The van der Waals surface area contributed by atoms with Gasteiger partial charge in [0.15, 0.2) is 0 Å². The minimum atomic E-state index is -0.472. The largest absolute Gasteiger partial charge is 0.389 e. The molecule has 2 nitrogen and oxygen atoms in total. The van der Waals surface area contributed by atoms with Gasteiger partial charge in [-0.1, -0.05) is 17.7 Å². The summed E-state index contributed by atoms with van der Waals surface area (Å²) < 4.78 is 5.54. The van der Waals surface area contributed by atoms with Crippen LogP contribution >= 0.6 is 23.4 Å². The van der Waals surface area contributed by atoms with Crippen molar-refractivity contribution in [2.45, 2.75) is 42.6 Å². The number of ether oxygens (including phenoxy) is 1. The van der Waals surface area contributed by atoms with Crippen LogP contribution in [0.25, 0.3) is 0 Å². The van der Waals surface area contributed by atoms with Crippen molar-refractivity contribution in [1.82, 2.24) is 0 Å². The summed E-state index contributed by atoms with van der Waals surface area (Å²) in [6, 6.07) is 5.76. The second-order valence-corrected chi connectivity index (χ2v) is 6.07. The van der Waals surface area contributed by atoms with Crippen molar-refractivity contribution >= 4 is 23.4 Å². The molecule has 1 aliphatic heterocycles. The molecular formula is C13H17ClO2S. The van der Waals surface area contributed by atoms with Crippen LogP contribution in [0.4, 0.5) is 0 Å². The summed E-state index contributed by atoms with van der Waals surface area (Å²) >= 11 is 7.99. The summed E-state index contributed by atoms with van der Waals surface area (Å²) in [7, 11) is 0. The van der Waals surface area contributed by atoms with Gasteiger partial charge in [0.1, 0.15) is 0 Å². The summed E-state index contributed by atoms with van der Waals surface area (Å²) in [6.07, 6.45) is 0.883. The van der Waals surface area contributed by atoms with Crippen molar-refractivity contribution in [3.8, 4) is 0 Å². The molecule has 0 amide bonds. The lowest BCUT2D eigenvalue weighted by molar-refractivity contribution is 0.127. The van der Waals surface area contributed by atoms with Crippen molar-refractivity contribution in [3.63, 3.8) is 0 Å². The highest BCUT2D eigenvalue weighted by Crippen LogP contribution is 2.37. The number of rotatable bonds is 3. The molecule has 4 heteroatoms. The Bertz CT molecular complexity index is 395. The minimum absolute atomic E-state index is 0.285. The molecule has 0 saturated carbocycles. The average molecular weight is 273 g/mol. The molecule has 1 saturated heterocycles. The Balaban J connectivity index is 2.11. The van der Waals surface area contributed by atoms with E-state index in [9.17, 15) is 5.11 Å². The Morgan fingerprint density at radius 3 is 2.82 bits per heavy atom. The van der Waals surface area contributed by atoms with Crippen molar-refractivity contribution in [1.29, 1.82) is 0 Å². The second-order valence-electron chi connectivity index (χ2n) is 4.39. The van der Waals surface area contributed by atoms with E-state index in [2.05, 4.69) is 6.92 Å². The molecule has 0 aromatic heterocycles. The van der Waals surface area contributed by atoms with E-state index in [1.165, 1.54) is 0 Å². The molecule has 1 heterocycles. The maximum Gasteiger partial charge on any atom is 0.0762 e. The van der Waals surface area contributed by atoms with E-state index in [1.807, 2.05) is 18.2 Å². The van der Waals surface area contributed by atoms with Crippen molar-refractivity contribution < 1.29 is 9.84 Å². The van der Waals surface area contributed by atoms with Crippen LogP contribution in [0, 0.1) is 0 Å². The van der Waals surface area contributed by atoms with Crippen molar-refractivity contribution in [2.24, 2.45) is 0 Å². The number of thioether (sulfide) groups is 1. The van der Waals surface area contributed by atoms with Gasteiger partial charge in [-0.15, -0.1) is 11.8 Å². The molecule has 3 atom stereocenters. The number of halogens is 1. The van der Waals surface area contributed by atoms with Crippen LogP contribution in [0.2, 0.25) is 5.02 Å². The van der Waals surface area contributed by atoms with Crippen LogP contribution in [0.5, 0.6) is 0 Å². The molecule has 17 heavy (non-hydrogen) atoms. The Labute approximate surface area is 111 Å². The third-order valence-corrected chi connectivity index (χ3v) is 4.98. The fourth-order valence-corrected chi connectivity index (χ4v) is 3.35. The highest BCUT2D eigenvalue weighted by atomic mass is 35.5. The van der Waals surface area contributed by atoms with E-state index in [0.29, 0.717) is 10.3 Å². The number of hydrogen-bond donors (Lipinski definition) is 1. The van der Waals surface area contributed by atoms with Gasteiger partial charge in [0, 0.05) is 16.8 Å². The molecule has 1 aromatic carbocycles. The quantitative estimate of drug-likeness (QED) is 0.911. The number of aliphatic hydroxyl groups excluding tert-OH is 1. The first kappa shape index (κ1) is 13.2. The Kier molecular flexibility index (Phi) is 4.36. The normalized spacial score (nSPS) is 26.1. The topological polar surface area (TPSA) is 29.5 Å². The molecule has 0 aliphatic carbocycles. The van der Waals surface area contributed by atoms with E-state index in [-0.39, 0.29) is 6.10 Å². The van der Waals surface area contributed by atoms with Crippen LogP contribution in [0.15, 0.2) is 23.1 Å². The van der Waals surface area contributed by atoms with E-state index in [4.69, 9.17) is 16.3 Å². The van der Waals surface area contributed by atoms with Crippen LogP contribution in [0.1, 0.15) is 31.9 Å². The molecule has 1 fully saturated rings. The summed E-state index contributed by atoms with van der Waals surface area (Å²) in [5.74, 6) is 0. The average Bonchev–Trinajstić information content (AvgIpc) is 2.67. The van der Waals surface area contributed by atoms with E-state index >= 15 is 0 Å². The zero-order valence-corrected chi connectivity index (χ0v) is 11.6. The predicted molar refractivity (Wildman–Crippen MR) is 71.8 cm³/mol. The SMILES string of the molecule is CC1OCCC1Sc1ccc([C@@H](C)O)cc1Cl. The highest BCUT2D eigenvalue weighted by molar-refractivity contribution is 8.00. The van der Waals surface area contributed by atoms with Gasteiger partial charge in [0.25, 0.3) is 0 Å². The van der Waals surface area contributed by atoms with Gasteiger partial charge in [0.2, 0.25) is 0 Å².